The maximum absolute atomic E-state index is 9.79. The van der Waals surface area contributed by atoms with Gasteiger partial charge in [-0.1, -0.05) is 6.07 Å². The van der Waals surface area contributed by atoms with Crippen LogP contribution in [0.25, 0.3) is 5.69 Å². The van der Waals surface area contributed by atoms with E-state index in [2.05, 4.69) is 5.10 Å². The second-order valence-corrected chi connectivity index (χ2v) is 3.52. The third-order valence-corrected chi connectivity index (χ3v) is 2.43. The molecule has 0 amide bonds. The summed E-state index contributed by atoms with van der Waals surface area (Å²) in [5, 5.41) is 13.9. The van der Waals surface area contributed by atoms with Crippen LogP contribution in [0.1, 0.15) is 18.6 Å². The van der Waals surface area contributed by atoms with E-state index in [1.165, 1.54) is 0 Å². The molecule has 2 rings (SSSR count). The highest BCUT2D eigenvalue weighted by molar-refractivity contribution is 5.50. The molecule has 0 aliphatic heterocycles. The van der Waals surface area contributed by atoms with Gasteiger partial charge in [0.15, 0.2) is 0 Å². The van der Waals surface area contributed by atoms with Crippen LogP contribution >= 0.6 is 0 Å². The molecule has 0 aliphatic carbocycles. The molecule has 1 aromatic carbocycles. The SMILES string of the molecule is COc1cccc(-n2cccn2)c1C(C)O. The Morgan fingerprint density at radius 2 is 2.19 bits per heavy atom. The van der Waals surface area contributed by atoms with E-state index in [4.69, 9.17) is 4.74 Å². The van der Waals surface area contributed by atoms with E-state index in [1.807, 2.05) is 30.5 Å². The first-order chi connectivity index (χ1) is 7.74. The Kier molecular flexibility index (Phi) is 2.92. The van der Waals surface area contributed by atoms with Crippen LogP contribution in [0.5, 0.6) is 5.75 Å². The van der Waals surface area contributed by atoms with Crippen molar-refractivity contribution in [2.45, 2.75) is 13.0 Å². The Morgan fingerprint density at radius 3 is 2.75 bits per heavy atom. The highest BCUT2D eigenvalue weighted by Gasteiger charge is 2.15. The van der Waals surface area contributed by atoms with Gasteiger partial charge in [-0.05, 0) is 25.1 Å². The van der Waals surface area contributed by atoms with Crippen molar-refractivity contribution in [2.75, 3.05) is 7.11 Å². The molecule has 4 nitrogen and oxygen atoms in total. The fraction of sp³-hybridized carbons (Fsp3) is 0.250. The van der Waals surface area contributed by atoms with E-state index in [0.29, 0.717) is 5.75 Å². The van der Waals surface area contributed by atoms with Crippen LogP contribution in [0, 0.1) is 0 Å². The molecule has 0 spiro atoms. The molecule has 1 unspecified atom stereocenters. The number of aliphatic hydroxyl groups is 1. The molecule has 16 heavy (non-hydrogen) atoms. The van der Waals surface area contributed by atoms with Crippen molar-refractivity contribution < 1.29 is 9.84 Å². The van der Waals surface area contributed by atoms with Crippen molar-refractivity contribution in [3.8, 4) is 11.4 Å². The summed E-state index contributed by atoms with van der Waals surface area (Å²) < 4.78 is 6.96. The summed E-state index contributed by atoms with van der Waals surface area (Å²) in [7, 11) is 1.59. The lowest BCUT2D eigenvalue weighted by Crippen LogP contribution is -2.05. The molecule has 2 aromatic rings. The molecule has 0 aliphatic rings. The number of rotatable bonds is 3. The summed E-state index contributed by atoms with van der Waals surface area (Å²) >= 11 is 0. The zero-order chi connectivity index (χ0) is 11.5. The van der Waals surface area contributed by atoms with Gasteiger partial charge in [-0.2, -0.15) is 5.10 Å². The van der Waals surface area contributed by atoms with Gasteiger partial charge in [-0.25, -0.2) is 4.68 Å². The van der Waals surface area contributed by atoms with Gasteiger partial charge in [0.05, 0.1) is 18.9 Å². The number of benzene rings is 1. The summed E-state index contributed by atoms with van der Waals surface area (Å²) in [6, 6.07) is 7.44. The van der Waals surface area contributed by atoms with Crippen LogP contribution in [0.15, 0.2) is 36.7 Å². The Balaban J connectivity index is 2.61. The molecule has 1 N–H and O–H groups in total. The molecule has 1 heterocycles. The molecular weight excluding hydrogens is 204 g/mol. The maximum atomic E-state index is 9.79. The maximum Gasteiger partial charge on any atom is 0.126 e. The summed E-state index contributed by atoms with van der Waals surface area (Å²) in [5.41, 5.74) is 1.58. The molecule has 4 heteroatoms. The lowest BCUT2D eigenvalue weighted by molar-refractivity contribution is 0.194. The van der Waals surface area contributed by atoms with Gasteiger partial charge in [0.2, 0.25) is 0 Å². The third-order valence-electron chi connectivity index (χ3n) is 2.43. The zero-order valence-electron chi connectivity index (χ0n) is 9.29. The first-order valence-corrected chi connectivity index (χ1v) is 5.09. The van der Waals surface area contributed by atoms with Gasteiger partial charge < -0.3 is 9.84 Å². The number of ether oxygens (including phenoxy) is 1. The van der Waals surface area contributed by atoms with Gasteiger partial charge in [0, 0.05) is 18.0 Å². The third kappa shape index (κ3) is 1.79. The van der Waals surface area contributed by atoms with E-state index >= 15 is 0 Å². The lowest BCUT2D eigenvalue weighted by Gasteiger charge is -2.15. The van der Waals surface area contributed by atoms with Crippen LogP contribution < -0.4 is 4.74 Å². The highest BCUT2D eigenvalue weighted by Crippen LogP contribution is 2.30. The van der Waals surface area contributed by atoms with Crippen molar-refractivity contribution in [1.82, 2.24) is 9.78 Å². The first kappa shape index (κ1) is 10.7. The van der Waals surface area contributed by atoms with Crippen molar-refractivity contribution >= 4 is 0 Å². The van der Waals surface area contributed by atoms with Crippen molar-refractivity contribution in [1.29, 1.82) is 0 Å². The number of nitrogens with zero attached hydrogens (tertiary/aromatic N) is 2. The molecule has 84 valence electrons. The minimum atomic E-state index is -0.602. The average molecular weight is 218 g/mol. The predicted octanol–water partition coefficient (Wildman–Crippen LogP) is 1.93. The van der Waals surface area contributed by atoms with Crippen LogP contribution in [0.4, 0.5) is 0 Å². The van der Waals surface area contributed by atoms with Crippen molar-refractivity contribution in [3.05, 3.63) is 42.2 Å². The first-order valence-electron chi connectivity index (χ1n) is 5.09. The minimum absolute atomic E-state index is 0.602. The van der Waals surface area contributed by atoms with Gasteiger partial charge in [0.25, 0.3) is 0 Å². The smallest absolute Gasteiger partial charge is 0.126 e. The number of hydrogen-bond donors (Lipinski definition) is 1. The Labute approximate surface area is 94.1 Å². The minimum Gasteiger partial charge on any atom is -0.496 e. The van der Waals surface area contributed by atoms with Crippen LogP contribution in [0.2, 0.25) is 0 Å². The van der Waals surface area contributed by atoms with Crippen LogP contribution in [-0.2, 0) is 0 Å². The molecule has 0 bridgehead atoms. The fourth-order valence-electron chi connectivity index (χ4n) is 1.74. The topological polar surface area (TPSA) is 47.3 Å². The van der Waals surface area contributed by atoms with Gasteiger partial charge in [0.1, 0.15) is 5.75 Å². The number of aliphatic hydroxyl groups excluding tert-OH is 1. The summed E-state index contributed by atoms with van der Waals surface area (Å²) in [6.45, 7) is 1.71. The van der Waals surface area contributed by atoms with Crippen molar-refractivity contribution in [3.63, 3.8) is 0 Å². The quantitative estimate of drug-likeness (QED) is 0.856. The largest absolute Gasteiger partial charge is 0.496 e. The van der Waals surface area contributed by atoms with E-state index < -0.39 is 6.10 Å². The Bertz CT molecular complexity index is 464. The predicted molar refractivity (Wildman–Crippen MR) is 60.7 cm³/mol. The van der Waals surface area contributed by atoms with Crippen LogP contribution in [-0.4, -0.2) is 22.0 Å². The van der Waals surface area contributed by atoms with Crippen LogP contribution in [0.3, 0.4) is 0 Å². The van der Waals surface area contributed by atoms with E-state index in [-0.39, 0.29) is 0 Å². The van der Waals surface area contributed by atoms with E-state index in [9.17, 15) is 5.11 Å². The zero-order valence-corrected chi connectivity index (χ0v) is 9.29. The average Bonchev–Trinajstić information content (AvgIpc) is 2.81. The van der Waals surface area contributed by atoms with Gasteiger partial charge in [-0.3, -0.25) is 0 Å². The highest BCUT2D eigenvalue weighted by atomic mass is 16.5. The Hall–Kier alpha value is -1.81. The number of methoxy groups -OCH3 is 1. The normalized spacial score (nSPS) is 12.4. The van der Waals surface area contributed by atoms with Gasteiger partial charge >= 0.3 is 0 Å². The molecule has 0 saturated heterocycles. The molecule has 0 fully saturated rings. The standard InChI is InChI=1S/C12H14N2O2/c1-9(15)12-10(14-8-4-7-13-14)5-3-6-11(12)16-2/h3-9,15H,1-2H3. The lowest BCUT2D eigenvalue weighted by atomic mass is 10.1. The molecular formula is C12H14N2O2. The molecule has 0 saturated carbocycles. The van der Waals surface area contributed by atoms with E-state index in [1.54, 1.807) is 24.9 Å². The van der Waals surface area contributed by atoms with E-state index in [0.717, 1.165) is 11.3 Å². The molecule has 1 atom stereocenters. The summed E-state index contributed by atoms with van der Waals surface area (Å²) in [6.07, 6.45) is 2.93. The summed E-state index contributed by atoms with van der Waals surface area (Å²) in [4.78, 5) is 0. The second-order valence-electron chi connectivity index (χ2n) is 3.52. The number of aromatic nitrogens is 2. The number of hydrogen-bond acceptors (Lipinski definition) is 3. The summed E-state index contributed by atoms with van der Waals surface area (Å²) in [5.74, 6) is 0.669. The Morgan fingerprint density at radius 1 is 1.38 bits per heavy atom. The molecule has 1 aromatic heterocycles. The van der Waals surface area contributed by atoms with Gasteiger partial charge in [-0.15, -0.1) is 0 Å². The van der Waals surface area contributed by atoms with Crippen molar-refractivity contribution in [2.24, 2.45) is 0 Å². The second kappa shape index (κ2) is 4.37. The molecule has 0 radical (unpaired) electrons. The monoisotopic (exact) mass is 218 g/mol. The fourth-order valence-corrected chi connectivity index (χ4v) is 1.74.